The van der Waals surface area contributed by atoms with Gasteiger partial charge in [-0.1, -0.05) is 24.1 Å². The van der Waals surface area contributed by atoms with Crippen molar-refractivity contribution >= 4 is 23.5 Å². The van der Waals surface area contributed by atoms with Crippen molar-refractivity contribution in [2.24, 2.45) is 5.92 Å². The summed E-state index contributed by atoms with van der Waals surface area (Å²) >= 11 is 5.87. The van der Waals surface area contributed by atoms with Gasteiger partial charge in [0.05, 0.1) is 13.0 Å². The molecule has 1 saturated carbocycles. The predicted octanol–water partition coefficient (Wildman–Crippen LogP) is 2.80. The van der Waals surface area contributed by atoms with Crippen molar-refractivity contribution in [1.82, 2.24) is 5.32 Å². The minimum atomic E-state index is -0.188. The molecule has 0 bridgehead atoms. The van der Waals surface area contributed by atoms with Gasteiger partial charge in [-0.2, -0.15) is 0 Å². The van der Waals surface area contributed by atoms with Crippen molar-refractivity contribution in [3.8, 4) is 0 Å². The van der Waals surface area contributed by atoms with Gasteiger partial charge in [0.2, 0.25) is 0 Å². The van der Waals surface area contributed by atoms with Crippen molar-refractivity contribution in [3.05, 3.63) is 34.9 Å². The molecule has 1 aliphatic carbocycles. The van der Waals surface area contributed by atoms with Crippen LogP contribution in [-0.4, -0.2) is 25.0 Å². The average molecular weight is 296 g/mol. The molecule has 2 atom stereocenters. The zero-order chi connectivity index (χ0) is 14.5. The fourth-order valence-electron chi connectivity index (χ4n) is 2.60. The van der Waals surface area contributed by atoms with Crippen LogP contribution in [0.5, 0.6) is 0 Å². The molecular weight excluding hydrogens is 278 g/mol. The Kier molecular flexibility index (Phi) is 5.01. The van der Waals surface area contributed by atoms with Crippen LogP contribution < -0.4 is 5.32 Å². The Bertz CT molecular complexity index is 504. The van der Waals surface area contributed by atoms with E-state index in [1.165, 1.54) is 7.11 Å². The lowest BCUT2D eigenvalue weighted by molar-refractivity contribution is -0.146. The van der Waals surface area contributed by atoms with E-state index < -0.39 is 0 Å². The third-order valence-electron chi connectivity index (χ3n) is 3.63. The Labute approximate surface area is 123 Å². The van der Waals surface area contributed by atoms with Crippen molar-refractivity contribution in [3.63, 3.8) is 0 Å². The molecule has 108 valence electrons. The number of hydrogen-bond acceptors (Lipinski definition) is 3. The quantitative estimate of drug-likeness (QED) is 0.873. The number of carbonyl (C=O) groups is 2. The summed E-state index contributed by atoms with van der Waals surface area (Å²) in [6.07, 6.45) is 3.27. The first-order valence-corrected chi connectivity index (χ1v) is 7.12. The molecule has 1 fully saturated rings. The molecule has 4 nitrogen and oxygen atoms in total. The Morgan fingerprint density at radius 2 is 2.15 bits per heavy atom. The molecule has 1 aromatic rings. The average Bonchev–Trinajstić information content (AvgIpc) is 2.46. The molecule has 0 saturated heterocycles. The van der Waals surface area contributed by atoms with E-state index in [1.54, 1.807) is 24.3 Å². The molecule has 1 aromatic carbocycles. The largest absolute Gasteiger partial charge is 0.469 e. The van der Waals surface area contributed by atoms with Crippen molar-refractivity contribution in [2.45, 2.75) is 31.7 Å². The highest BCUT2D eigenvalue weighted by Gasteiger charge is 2.28. The standard InChI is InChI=1S/C15H18ClNO3/c1-20-15(19)11-5-3-7-13(9-11)17-14(18)10-4-2-6-12(16)8-10/h2,4,6,8,11,13H,3,5,7,9H2,1H3,(H,17,18). The number of hydrogen-bond donors (Lipinski definition) is 1. The molecule has 0 aliphatic heterocycles. The van der Waals surface area contributed by atoms with E-state index >= 15 is 0 Å². The maximum Gasteiger partial charge on any atom is 0.308 e. The van der Waals surface area contributed by atoms with Crippen LogP contribution in [0, 0.1) is 5.92 Å². The lowest BCUT2D eigenvalue weighted by Crippen LogP contribution is -2.40. The summed E-state index contributed by atoms with van der Waals surface area (Å²) in [5.41, 5.74) is 0.540. The van der Waals surface area contributed by atoms with Crippen LogP contribution in [0.25, 0.3) is 0 Å². The third-order valence-corrected chi connectivity index (χ3v) is 3.87. The number of rotatable bonds is 3. The minimum absolute atomic E-state index is 0.0133. The van der Waals surface area contributed by atoms with Gasteiger partial charge in [0.15, 0.2) is 0 Å². The van der Waals surface area contributed by atoms with E-state index in [-0.39, 0.29) is 23.8 Å². The second-order valence-electron chi connectivity index (χ2n) is 5.07. The normalized spacial score (nSPS) is 22.1. The molecule has 1 amide bonds. The minimum Gasteiger partial charge on any atom is -0.469 e. The zero-order valence-corrected chi connectivity index (χ0v) is 12.2. The van der Waals surface area contributed by atoms with Gasteiger partial charge in [-0.3, -0.25) is 9.59 Å². The van der Waals surface area contributed by atoms with Crippen molar-refractivity contribution in [2.75, 3.05) is 7.11 Å². The van der Waals surface area contributed by atoms with Crippen LogP contribution in [-0.2, 0) is 9.53 Å². The molecule has 0 heterocycles. The Hall–Kier alpha value is -1.55. The number of methoxy groups -OCH3 is 1. The highest BCUT2D eigenvalue weighted by Crippen LogP contribution is 2.25. The fourth-order valence-corrected chi connectivity index (χ4v) is 2.79. The second-order valence-corrected chi connectivity index (χ2v) is 5.50. The van der Waals surface area contributed by atoms with E-state index in [4.69, 9.17) is 16.3 Å². The highest BCUT2D eigenvalue weighted by atomic mass is 35.5. The first-order valence-electron chi connectivity index (χ1n) is 6.74. The highest BCUT2D eigenvalue weighted by molar-refractivity contribution is 6.30. The number of esters is 1. The van der Waals surface area contributed by atoms with E-state index in [0.29, 0.717) is 17.0 Å². The summed E-state index contributed by atoms with van der Waals surface area (Å²) in [6, 6.07) is 6.85. The molecule has 0 radical (unpaired) electrons. The summed E-state index contributed by atoms with van der Waals surface area (Å²) in [5.74, 6) is -0.451. The summed E-state index contributed by atoms with van der Waals surface area (Å²) < 4.78 is 4.77. The molecule has 2 unspecified atom stereocenters. The summed E-state index contributed by atoms with van der Waals surface area (Å²) in [5, 5.41) is 3.50. The summed E-state index contributed by atoms with van der Waals surface area (Å²) in [7, 11) is 1.40. The SMILES string of the molecule is COC(=O)C1CCCC(NC(=O)c2cccc(Cl)c2)C1. The van der Waals surface area contributed by atoms with Gasteiger partial charge in [0, 0.05) is 16.6 Å². The zero-order valence-electron chi connectivity index (χ0n) is 11.4. The topological polar surface area (TPSA) is 55.4 Å². The predicted molar refractivity (Wildman–Crippen MR) is 76.7 cm³/mol. The van der Waals surface area contributed by atoms with E-state index in [9.17, 15) is 9.59 Å². The number of halogens is 1. The van der Waals surface area contributed by atoms with E-state index in [0.717, 1.165) is 19.3 Å². The second kappa shape index (κ2) is 6.75. The monoisotopic (exact) mass is 295 g/mol. The van der Waals surface area contributed by atoms with Gasteiger partial charge in [-0.25, -0.2) is 0 Å². The van der Waals surface area contributed by atoms with Crippen LogP contribution in [0.3, 0.4) is 0 Å². The smallest absolute Gasteiger partial charge is 0.308 e. The van der Waals surface area contributed by atoms with E-state index in [1.807, 2.05) is 0 Å². The summed E-state index contributed by atoms with van der Waals surface area (Å²) in [4.78, 5) is 23.7. The number of benzene rings is 1. The Morgan fingerprint density at radius 1 is 1.35 bits per heavy atom. The number of amides is 1. The molecule has 1 N–H and O–H groups in total. The van der Waals surface area contributed by atoms with Gasteiger partial charge in [0.1, 0.15) is 0 Å². The van der Waals surface area contributed by atoms with Gasteiger partial charge >= 0.3 is 5.97 Å². The molecule has 20 heavy (non-hydrogen) atoms. The van der Waals surface area contributed by atoms with Crippen LogP contribution in [0.1, 0.15) is 36.0 Å². The van der Waals surface area contributed by atoms with Crippen LogP contribution >= 0.6 is 11.6 Å². The van der Waals surface area contributed by atoms with Gasteiger partial charge < -0.3 is 10.1 Å². The van der Waals surface area contributed by atoms with Gasteiger partial charge in [-0.05, 0) is 37.5 Å². The number of carbonyl (C=O) groups excluding carboxylic acids is 2. The third kappa shape index (κ3) is 3.73. The number of nitrogens with one attached hydrogen (secondary N) is 1. The van der Waals surface area contributed by atoms with Crippen LogP contribution in [0.4, 0.5) is 0 Å². The Morgan fingerprint density at radius 3 is 2.85 bits per heavy atom. The first-order chi connectivity index (χ1) is 9.60. The molecule has 0 aromatic heterocycles. The van der Waals surface area contributed by atoms with E-state index in [2.05, 4.69) is 5.32 Å². The molecule has 0 spiro atoms. The first kappa shape index (κ1) is 14.9. The van der Waals surface area contributed by atoms with Gasteiger partial charge in [-0.15, -0.1) is 0 Å². The maximum absolute atomic E-state index is 12.1. The molecule has 1 aliphatic rings. The molecule has 2 rings (SSSR count). The maximum atomic E-state index is 12.1. The molecule has 5 heteroatoms. The molecular formula is C15H18ClNO3. The Balaban J connectivity index is 1.96. The van der Waals surface area contributed by atoms with Crippen molar-refractivity contribution < 1.29 is 14.3 Å². The fraction of sp³-hybridized carbons (Fsp3) is 0.467. The van der Waals surface area contributed by atoms with Gasteiger partial charge in [0.25, 0.3) is 5.91 Å². The van der Waals surface area contributed by atoms with Crippen molar-refractivity contribution in [1.29, 1.82) is 0 Å². The van der Waals surface area contributed by atoms with Crippen LogP contribution in [0.15, 0.2) is 24.3 Å². The number of ether oxygens (including phenoxy) is 1. The lowest BCUT2D eigenvalue weighted by Gasteiger charge is -2.28. The lowest BCUT2D eigenvalue weighted by atomic mass is 9.85. The summed E-state index contributed by atoms with van der Waals surface area (Å²) in [6.45, 7) is 0. The van der Waals surface area contributed by atoms with Crippen LogP contribution in [0.2, 0.25) is 5.02 Å².